The lowest BCUT2D eigenvalue weighted by atomic mass is 10.2. The van der Waals surface area contributed by atoms with E-state index in [1.54, 1.807) is 11.3 Å². The van der Waals surface area contributed by atoms with Gasteiger partial charge in [-0.15, -0.1) is 11.3 Å². The van der Waals surface area contributed by atoms with Crippen LogP contribution >= 0.6 is 11.3 Å². The van der Waals surface area contributed by atoms with E-state index in [-0.39, 0.29) is 12.9 Å². The molecule has 9 heteroatoms. The molecular formula is C18H23N5O3S. The second kappa shape index (κ2) is 10.4. The number of primary amides is 1. The Labute approximate surface area is 161 Å². The summed E-state index contributed by atoms with van der Waals surface area (Å²) in [4.78, 5) is 28.5. The number of carbonyl (C=O) groups is 2. The summed E-state index contributed by atoms with van der Waals surface area (Å²) in [5, 5.41) is 12.4. The number of hydrogen-bond acceptors (Lipinski definition) is 6. The second-order valence-electron chi connectivity index (χ2n) is 5.79. The highest BCUT2D eigenvalue weighted by Crippen LogP contribution is 2.22. The maximum atomic E-state index is 11.0. The van der Waals surface area contributed by atoms with E-state index in [9.17, 15) is 4.79 Å². The maximum absolute atomic E-state index is 11.0. The van der Waals surface area contributed by atoms with Crippen LogP contribution in [0.2, 0.25) is 0 Å². The summed E-state index contributed by atoms with van der Waals surface area (Å²) in [5.74, 6) is 1.05. The molecule has 0 spiro atoms. The Bertz CT molecular complexity index is 857. The molecular weight excluding hydrogens is 366 g/mol. The van der Waals surface area contributed by atoms with E-state index in [4.69, 9.17) is 15.6 Å². The van der Waals surface area contributed by atoms with Crippen LogP contribution in [0.1, 0.15) is 36.4 Å². The number of thiazole rings is 1. The predicted octanol–water partition coefficient (Wildman–Crippen LogP) is 2.20. The number of carbonyl (C=O) groups excluding carboxylic acids is 1. The third-order valence-corrected chi connectivity index (χ3v) is 4.90. The zero-order chi connectivity index (χ0) is 19.6. The summed E-state index contributed by atoms with van der Waals surface area (Å²) < 4.78 is 3.10. The van der Waals surface area contributed by atoms with Crippen molar-refractivity contribution in [2.75, 3.05) is 0 Å². The fourth-order valence-corrected chi connectivity index (χ4v) is 3.69. The molecule has 1 aromatic carbocycles. The molecule has 0 aliphatic heterocycles. The summed E-state index contributed by atoms with van der Waals surface area (Å²) >= 11 is 1.77. The molecule has 3 N–H and O–H groups in total. The number of aryl methyl sites for hydroxylation is 3. The molecule has 3 rings (SSSR count). The van der Waals surface area contributed by atoms with E-state index in [1.165, 1.54) is 9.71 Å². The third kappa shape index (κ3) is 6.14. The highest BCUT2D eigenvalue weighted by Gasteiger charge is 2.11. The van der Waals surface area contributed by atoms with Crippen molar-refractivity contribution < 1.29 is 14.7 Å². The highest BCUT2D eigenvalue weighted by molar-refractivity contribution is 7.18. The molecule has 27 heavy (non-hydrogen) atoms. The van der Waals surface area contributed by atoms with E-state index in [2.05, 4.69) is 27.2 Å². The van der Waals surface area contributed by atoms with Gasteiger partial charge in [-0.05, 0) is 38.3 Å². The fraction of sp³-hybridized carbons (Fsp3) is 0.389. The van der Waals surface area contributed by atoms with Gasteiger partial charge in [0.15, 0.2) is 5.82 Å². The summed E-state index contributed by atoms with van der Waals surface area (Å²) in [5.41, 5.74) is 6.29. The van der Waals surface area contributed by atoms with Gasteiger partial charge in [0.2, 0.25) is 5.91 Å². The lowest BCUT2D eigenvalue weighted by Crippen LogP contribution is -2.14. The quantitative estimate of drug-likeness (QED) is 0.449. The van der Waals surface area contributed by atoms with Crippen molar-refractivity contribution in [1.82, 2.24) is 19.7 Å². The molecule has 3 aromatic rings. The van der Waals surface area contributed by atoms with Crippen molar-refractivity contribution in [1.29, 1.82) is 0 Å². The molecule has 0 saturated heterocycles. The number of rotatable bonds is 8. The van der Waals surface area contributed by atoms with E-state index in [1.807, 2.05) is 23.7 Å². The minimum atomic E-state index is -0.398. The molecule has 0 fully saturated rings. The van der Waals surface area contributed by atoms with Gasteiger partial charge in [0, 0.05) is 13.0 Å². The predicted molar refractivity (Wildman–Crippen MR) is 104 cm³/mol. The fourth-order valence-electron chi connectivity index (χ4n) is 2.68. The highest BCUT2D eigenvalue weighted by atomic mass is 32.1. The molecule has 0 atom stereocenters. The molecule has 0 radical (unpaired) electrons. The van der Waals surface area contributed by atoms with Gasteiger partial charge in [0.25, 0.3) is 6.47 Å². The SMILES string of the molecule is CCn1nc(CC(N)=O)nc1CCCCc1nc2ccccc2s1.O=CO. The van der Waals surface area contributed by atoms with Crippen molar-refractivity contribution in [3.8, 4) is 0 Å². The number of carboxylic acid groups (broad SMARTS) is 1. The van der Waals surface area contributed by atoms with Crippen LogP contribution in [0.5, 0.6) is 0 Å². The van der Waals surface area contributed by atoms with E-state index in [0.717, 1.165) is 43.6 Å². The van der Waals surface area contributed by atoms with Crippen LogP contribution in [0, 0.1) is 0 Å². The number of hydrogen-bond donors (Lipinski definition) is 2. The Morgan fingerprint density at radius 2 is 1.96 bits per heavy atom. The van der Waals surface area contributed by atoms with Crippen molar-refractivity contribution in [2.45, 2.75) is 45.6 Å². The number of nitrogens with two attached hydrogens (primary N) is 1. The van der Waals surface area contributed by atoms with Gasteiger partial charge >= 0.3 is 0 Å². The molecule has 144 valence electrons. The first-order chi connectivity index (χ1) is 13.1. The molecule has 0 unspecified atom stereocenters. The van der Waals surface area contributed by atoms with E-state index < -0.39 is 5.91 Å². The van der Waals surface area contributed by atoms with Gasteiger partial charge in [-0.2, -0.15) is 5.10 Å². The number of fused-ring (bicyclic) bond motifs is 1. The normalized spacial score (nSPS) is 10.4. The van der Waals surface area contributed by atoms with Crippen LogP contribution in [-0.2, 0) is 35.4 Å². The van der Waals surface area contributed by atoms with Gasteiger partial charge in [0.1, 0.15) is 5.82 Å². The van der Waals surface area contributed by atoms with Crippen LogP contribution in [0.25, 0.3) is 10.2 Å². The number of para-hydroxylation sites is 1. The zero-order valence-corrected chi connectivity index (χ0v) is 16.0. The molecule has 2 heterocycles. The van der Waals surface area contributed by atoms with Crippen LogP contribution < -0.4 is 5.73 Å². The molecule has 0 aliphatic carbocycles. The lowest BCUT2D eigenvalue weighted by Gasteiger charge is -2.01. The summed E-state index contributed by atoms with van der Waals surface area (Å²) in [6.45, 7) is 2.52. The first kappa shape index (κ1) is 20.5. The Morgan fingerprint density at radius 3 is 2.63 bits per heavy atom. The molecule has 0 bridgehead atoms. The largest absolute Gasteiger partial charge is 0.483 e. The Morgan fingerprint density at radius 1 is 1.26 bits per heavy atom. The van der Waals surface area contributed by atoms with Crippen LogP contribution in [0.4, 0.5) is 0 Å². The second-order valence-corrected chi connectivity index (χ2v) is 6.91. The molecule has 8 nitrogen and oxygen atoms in total. The number of nitrogens with zero attached hydrogens (tertiary/aromatic N) is 4. The van der Waals surface area contributed by atoms with Crippen molar-refractivity contribution in [2.24, 2.45) is 5.73 Å². The van der Waals surface area contributed by atoms with Gasteiger partial charge in [-0.3, -0.25) is 14.3 Å². The summed E-state index contributed by atoms with van der Waals surface area (Å²) in [6.07, 6.45) is 4.01. The molecule has 1 amide bonds. The number of benzene rings is 1. The van der Waals surface area contributed by atoms with E-state index >= 15 is 0 Å². The summed E-state index contributed by atoms with van der Waals surface area (Å²) in [7, 11) is 0. The van der Waals surface area contributed by atoms with Crippen molar-refractivity contribution in [3.05, 3.63) is 40.9 Å². The Balaban J connectivity index is 0.000000817. The van der Waals surface area contributed by atoms with Crippen molar-refractivity contribution >= 4 is 33.9 Å². The van der Waals surface area contributed by atoms with Gasteiger partial charge < -0.3 is 10.8 Å². The van der Waals surface area contributed by atoms with E-state index in [0.29, 0.717) is 5.82 Å². The topological polar surface area (TPSA) is 124 Å². The minimum absolute atomic E-state index is 0.103. The number of unbranched alkanes of at least 4 members (excludes halogenated alkanes) is 1. The Hall–Kier alpha value is -2.81. The number of aromatic nitrogens is 4. The monoisotopic (exact) mass is 389 g/mol. The van der Waals surface area contributed by atoms with Crippen LogP contribution in [0.15, 0.2) is 24.3 Å². The van der Waals surface area contributed by atoms with Crippen LogP contribution in [-0.4, -0.2) is 37.2 Å². The van der Waals surface area contributed by atoms with Gasteiger partial charge in [-0.25, -0.2) is 9.97 Å². The zero-order valence-electron chi connectivity index (χ0n) is 15.2. The number of amides is 1. The lowest BCUT2D eigenvalue weighted by molar-refractivity contribution is -0.123. The molecule has 0 saturated carbocycles. The molecule has 2 aromatic heterocycles. The average Bonchev–Trinajstić information content (AvgIpc) is 3.21. The third-order valence-electron chi connectivity index (χ3n) is 3.80. The smallest absolute Gasteiger partial charge is 0.290 e. The molecule has 0 aliphatic rings. The first-order valence-electron chi connectivity index (χ1n) is 8.70. The summed E-state index contributed by atoms with van der Waals surface area (Å²) in [6, 6.07) is 8.23. The van der Waals surface area contributed by atoms with Gasteiger partial charge in [-0.1, -0.05) is 12.1 Å². The maximum Gasteiger partial charge on any atom is 0.290 e. The Kier molecular flexibility index (Phi) is 7.87. The average molecular weight is 389 g/mol. The standard InChI is InChI=1S/C17H21N5OS.CH2O2/c1-2-22-16(20-15(21-22)11-14(18)23)9-5-6-10-17-19-12-7-3-4-8-13(12)24-17;2-1-3/h3-4,7-8H,2,5-6,9-11H2,1H3,(H2,18,23);1H,(H,2,3). The minimum Gasteiger partial charge on any atom is -0.483 e. The van der Waals surface area contributed by atoms with Crippen molar-refractivity contribution in [3.63, 3.8) is 0 Å². The van der Waals surface area contributed by atoms with Gasteiger partial charge in [0.05, 0.1) is 21.6 Å². The van der Waals surface area contributed by atoms with Crippen LogP contribution in [0.3, 0.4) is 0 Å². The first-order valence-corrected chi connectivity index (χ1v) is 9.52.